The number of carbonyl (C=O) groups excluding carboxylic acids is 1. The number of amides is 1. The number of aromatic nitrogens is 1. The summed E-state index contributed by atoms with van der Waals surface area (Å²) in [6.45, 7) is 0.306. The lowest BCUT2D eigenvalue weighted by molar-refractivity contribution is -0.116. The molecule has 1 heterocycles. The Hall–Kier alpha value is -2.08. The molecule has 0 aliphatic carbocycles. The fourth-order valence-corrected chi connectivity index (χ4v) is 1.88. The number of rotatable bonds is 5. The highest BCUT2D eigenvalue weighted by Gasteiger charge is 2.04. The first-order valence-corrected chi connectivity index (χ1v) is 6.30. The Morgan fingerprint density at radius 1 is 1.50 bits per heavy atom. The Morgan fingerprint density at radius 3 is 3.11 bits per heavy atom. The lowest BCUT2D eigenvalue weighted by Gasteiger charge is -2.06. The largest absolute Gasteiger partial charge is 0.493 e. The maximum atomic E-state index is 11.5. The highest BCUT2D eigenvalue weighted by Crippen LogP contribution is 2.15. The van der Waals surface area contributed by atoms with Gasteiger partial charge >= 0.3 is 0 Å². The third-order valence-electron chi connectivity index (χ3n) is 2.13. The second-order valence-corrected chi connectivity index (χ2v) is 4.45. The van der Waals surface area contributed by atoms with Crippen LogP contribution >= 0.6 is 11.3 Å². The lowest BCUT2D eigenvalue weighted by Crippen LogP contribution is -2.15. The van der Waals surface area contributed by atoms with Crippen molar-refractivity contribution >= 4 is 28.1 Å². The number of nitrogens with one attached hydrogen (secondary N) is 1. The van der Waals surface area contributed by atoms with Gasteiger partial charge in [0.25, 0.3) is 0 Å². The van der Waals surface area contributed by atoms with Gasteiger partial charge in [0, 0.05) is 23.3 Å². The summed E-state index contributed by atoms with van der Waals surface area (Å²) in [4.78, 5) is 15.5. The van der Waals surface area contributed by atoms with Crippen LogP contribution in [0.5, 0.6) is 5.75 Å². The van der Waals surface area contributed by atoms with Crippen molar-refractivity contribution in [2.45, 2.75) is 6.42 Å². The number of benzene rings is 1. The van der Waals surface area contributed by atoms with Crippen molar-refractivity contribution < 1.29 is 9.53 Å². The predicted molar refractivity (Wildman–Crippen MR) is 71.7 cm³/mol. The normalized spacial score (nSPS) is 10.0. The third kappa shape index (κ3) is 3.74. The van der Waals surface area contributed by atoms with E-state index in [0.29, 0.717) is 23.2 Å². The average Bonchev–Trinajstić information content (AvgIpc) is 2.82. The van der Waals surface area contributed by atoms with E-state index in [-0.39, 0.29) is 12.3 Å². The van der Waals surface area contributed by atoms with Crippen molar-refractivity contribution in [1.29, 1.82) is 0 Å². The zero-order valence-corrected chi connectivity index (χ0v) is 10.4. The van der Waals surface area contributed by atoms with E-state index in [9.17, 15) is 4.79 Å². The van der Waals surface area contributed by atoms with E-state index in [2.05, 4.69) is 10.3 Å². The van der Waals surface area contributed by atoms with Crippen LogP contribution in [0.1, 0.15) is 6.42 Å². The van der Waals surface area contributed by atoms with Crippen LogP contribution in [0.25, 0.3) is 0 Å². The Labute approximate surface area is 109 Å². The highest BCUT2D eigenvalue weighted by molar-refractivity contribution is 7.13. The maximum Gasteiger partial charge on any atom is 0.229 e. The van der Waals surface area contributed by atoms with Gasteiger partial charge in [-0.15, -0.1) is 11.3 Å². The summed E-state index contributed by atoms with van der Waals surface area (Å²) in [6.07, 6.45) is 1.91. The lowest BCUT2D eigenvalue weighted by atomic mass is 10.3. The van der Waals surface area contributed by atoms with Crippen LogP contribution in [0.4, 0.5) is 10.8 Å². The Balaban J connectivity index is 1.73. The highest BCUT2D eigenvalue weighted by atomic mass is 32.1. The molecule has 0 unspecified atom stereocenters. The van der Waals surface area contributed by atoms with Crippen LogP contribution < -0.4 is 15.8 Å². The molecule has 2 aromatic rings. The molecule has 0 aliphatic rings. The summed E-state index contributed by atoms with van der Waals surface area (Å²) in [5.74, 6) is 0.547. The van der Waals surface area contributed by atoms with Crippen molar-refractivity contribution in [2.24, 2.45) is 0 Å². The van der Waals surface area contributed by atoms with Crippen LogP contribution in [0, 0.1) is 0 Å². The van der Waals surface area contributed by atoms with Gasteiger partial charge in [0.05, 0.1) is 13.0 Å². The summed E-state index contributed by atoms with van der Waals surface area (Å²) in [7, 11) is 0. The molecular formula is C12H13N3O2S. The van der Waals surface area contributed by atoms with Gasteiger partial charge in [-0.2, -0.15) is 0 Å². The van der Waals surface area contributed by atoms with Gasteiger partial charge in [-0.3, -0.25) is 4.79 Å². The molecule has 0 bridgehead atoms. The molecule has 0 atom stereocenters. The first kappa shape index (κ1) is 12.4. The van der Waals surface area contributed by atoms with E-state index < -0.39 is 0 Å². The first-order chi connectivity index (χ1) is 8.74. The number of anilines is 2. The Bertz CT molecular complexity index is 514. The van der Waals surface area contributed by atoms with E-state index in [1.165, 1.54) is 11.3 Å². The standard InChI is InChI=1S/C12H13N3O2S/c13-9-2-1-3-10(8-9)17-6-4-11(16)15-12-14-5-7-18-12/h1-3,5,7-8H,4,6,13H2,(H,14,15,16). The number of nitrogens with zero attached hydrogens (tertiary/aromatic N) is 1. The van der Waals surface area contributed by atoms with Gasteiger partial charge in [-0.25, -0.2) is 4.98 Å². The van der Waals surface area contributed by atoms with Crippen LogP contribution in [-0.4, -0.2) is 17.5 Å². The molecule has 1 amide bonds. The third-order valence-corrected chi connectivity index (χ3v) is 2.82. The monoisotopic (exact) mass is 263 g/mol. The van der Waals surface area contributed by atoms with Gasteiger partial charge < -0.3 is 15.8 Å². The van der Waals surface area contributed by atoms with Crippen LogP contribution in [0.15, 0.2) is 35.8 Å². The van der Waals surface area contributed by atoms with Gasteiger partial charge in [-0.05, 0) is 12.1 Å². The van der Waals surface area contributed by atoms with E-state index in [1.807, 2.05) is 0 Å². The van der Waals surface area contributed by atoms with Crippen LogP contribution in [0.2, 0.25) is 0 Å². The molecule has 18 heavy (non-hydrogen) atoms. The second-order valence-electron chi connectivity index (χ2n) is 3.56. The minimum atomic E-state index is -0.117. The predicted octanol–water partition coefficient (Wildman–Crippen LogP) is 2.13. The van der Waals surface area contributed by atoms with Gasteiger partial charge in [0.2, 0.25) is 5.91 Å². The molecule has 0 saturated carbocycles. The summed E-state index contributed by atoms with van der Waals surface area (Å²) in [5.41, 5.74) is 6.25. The van der Waals surface area contributed by atoms with Crippen LogP contribution in [-0.2, 0) is 4.79 Å². The van der Waals surface area contributed by atoms with Gasteiger partial charge in [0.1, 0.15) is 5.75 Å². The van der Waals surface area contributed by atoms with Gasteiger partial charge in [0.15, 0.2) is 5.13 Å². The summed E-state index contributed by atoms with van der Waals surface area (Å²) >= 11 is 1.38. The number of hydrogen-bond donors (Lipinski definition) is 2. The molecular weight excluding hydrogens is 250 g/mol. The first-order valence-electron chi connectivity index (χ1n) is 5.42. The molecule has 6 heteroatoms. The van der Waals surface area contributed by atoms with Gasteiger partial charge in [-0.1, -0.05) is 6.07 Å². The Morgan fingerprint density at radius 2 is 2.39 bits per heavy atom. The molecule has 0 spiro atoms. The zero-order valence-electron chi connectivity index (χ0n) is 9.63. The quantitative estimate of drug-likeness (QED) is 0.810. The molecule has 2 rings (SSSR count). The van der Waals surface area contributed by atoms with E-state index in [0.717, 1.165) is 0 Å². The fraction of sp³-hybridized carbons (Fsp3) is 0.167. The number of thiazole rings is 1. The van der Waals surface area contributed by atoms with Crippen molar-refractivity contribution in [1.82, 2.24) is 4.98 Å². The number of nitrogens with two attached hydrogens (primary N) is 1. The zero-order chi connectivity index (χ0) is 12.8. The topological polar surface area (TPSA) is 77.2 Å². The van der Waals surface area contributed by atoms with Crippen molar-refractivity contribution in [3.8, 4) is 5.75 Å². The molecule has 1 aromatic carbocycles. The molecule has 1 aromatic heterocycles. The smallest absolute Gasteiger partial charge is 0.229 e. The fourth-order valence-electron chi connectivity index (χ4n) is 1.33. The van der Waals surface area contributed by atoms with E-state index in [1.54, 1.807) is 35.8 Å². The second kappa shape index (κ2) is 6.02. The summed E-state index contributed by atoms with van der Waals surface area (Å²) in [5, 5.41) is 5.09. The van der Waals surface area contributed by atoms with Crippen molar-refractivity contribution in [3.05, 3.63) is 35.8 Å². The van der Waals surface area contributed by atoms with Crippen molar-refractivity contribution in [2.75, 3.05) is 17.7 Å². The Kier molecular flexibility index (Phi) is 4.14. The summed E-state index contributed by atoms with van der Waals surface area (Å²) in [6, 6.07) is 7.11. The number of hydrogen-bond acceptors (Lipinski definition) is 5. The SMILES string of the molecule is Nc1cccc(OCCC(=O)Nc2nccs2)c1. The van der Waals surface area contributed by atoms with Crippen LogP contribution in [0.3, 0.4) is 0 Å². The number of nitrogen functional groups attached to an aromatic ring is 1. The molecule has 0 aliphatic heterocycles. The molecule has 0 fully saturated rings. The van der Waals surface area contributed by atoms with E-state index in [4.69, 9.17) is 10.5 Å². The van der Waals surface area contributed by atoms with Crippen molar-refractivity contribution in [3.63, 3.8) is 0 Å². The minimum Gasteiger partial charge on any atom is -0.493 e. The minimum absolute atomic E-state index is 0.117. The number of carbonyl (C=O) groups is 1. The molecule has 0 radical (unpaired) electrons. The average molecular weight is 263 g/mol. The van der Waals surface area contributed by atoms with E-state index >= 15 is 0 Å². The summed E-state index contributed by atoms with van der Waals surface area (Å²) < 4.78 is 5.42. The molecule has 0 saturated heterocycles. The molecule has 94 valence electrons. The maximum absolute atomic E-state index is 11.5. The molecule has 3 N–H and O–H groups in total. The number of ether oxygens (including phenoxy) is 1. The molecule has 5 nitrogen and oxygen atoms in total.